The van der Waals surface area contributed by atoms with Crippen LogP contribution in [-0.4, -0.2) is 40.3 Å². The topological polar surface area (TPSA) is 76.6 Å². The molecule has 1 aliphatic heterocycles. The van der Waals surface area contributed by atoms with Crippen LogP contribution in [0.3, 0.4) is 0 Å². The Morgan fingerprint density at radius 1 is 1.44 bits per heavy atom. The SMILES string of the molecule is Cc1cc(-n2c(C)cc(/C=N\NC(=S)NC[C@@H]3CCCO3)c2C)no1. The van der Waals surface area contributed by atoms with Gasteiger partial charge in [0.25, 0.3) is 0 Å². The van der Waals surface area contributed by atoms with Crippen molar-refractivity contribution < 1.29 is 9.26 Å². The number of nitrogens with one attached hydrogen (secondary N) is 2. The van der Waals surface area contributed by atoms with E-state index in [1.54, 1.807) is 6.21 Å². The van der Waals surface area contributed by atoms with E-state index in [4.69, 9.17) is 21.5 Å². The van der Waals surface area contributed by atoms with E-state index in [1.165, 1.54) is 0 Å². The van der Waals surface area contributed by atoms with Gasteiger partial charge in [0, 0.05) is 36.2 Å². The van der Waals surface area contributed by atoms with Crippen molar-refractivity contribution in [1.29, 1.82) is 0 Å². The van der Waals surface area contributed by atoms with Gasteiger partial charge in [-0.1, -0.05) is 5.16 Å². The third-order valence-corrected chi connectivity index (χ3v) is 4.43. The number of thiocarbonyl (C=S) groups is 1. The summed E-state index contributed by atoms with van der Waals surface area (Å²) >= 11 is 5.23. The second-order valence-electron chi connectivity index (χ2n) is 6.17. The zero-order valence-corrected chi connectivity index (χ0v) is 15.5. The van der Waals surface area contributed by atoms with Gasteiger partial charge in [0.05, 0.1) is 12.3 Å². The molecule has 1 atom stereocenters. The molecule has 0 unspecified atom stereocenters. The summed E-state index contributed by atoms with van der Waals surface area (Å²) in [5.41, 5.74) is 5.94. The first-order valence-corrected chi connectivity index (χ1v) is 8.76. The summed E-state index contributed by atoms with van der Waals surface area (Å²) in [6.07, 6.45) is 4.19. The van der Waals surface area contributed by atoms with E-state index in [-0.39, 0.29) is 6.10 Å². The highest BCUT2D eigenvalue weighted by atomic mass is 32.1. The molecule has 2 aromatic heterocycles. The summed E-state index contributed by atoms with van der Waals surface area (Å²) in [5.74, 6) is 1.55. The molecule has 8 heteroatoms. The van der Waals surface area contributed by atoms with E-state index in [9.17, 15) is 0 Å². The number of aryl methyl sites for hydroxylation is 2. The summed E-state index contributed by atoms with van der Waals surface area (Å²) in [5, 5.41) is 11.9. The number of nitrogens with zero attached hydrogens (tertiary/aromatic N) is 3. The number of rotatable bonds is 5. The van der Waals surface area contributed by atoms with Crippen LogP contribution in [0.15, 0.2) is 21.8 Å². The number of hydrazone groups is 1. The predicted molar refractivity (Wildman–Crippen MR) is 100 cm³/mol. The van der Waals surface area contributed by atoms with Gasteiger partial charge in [-0.2, -0.15) is 5.10 Å². The number of hydrogen-bond donors (Lipinski definition) is 2. The van der Waals surface area contributed by atoms with Gasteiger partial charge < -0.3 is 14.6 Å². The Morgan fingerprint density at radius 3 is 2.96 bits per heavy atom. The molecule has 0 spiro atoms. The lowest BCUT2D eigenvalue weighted by Gasteiger charge is -2.11. The minimum atomic E-state index is 0.244. The Labute approximate surface area is 152 Å². The van der Waals surface area contributed by atoms with Crippen LogP contribution in [0.5, 0.6) is 0 Å². The average molecular weight is 361 g/mol. The lowest BCUT2D eigenvalue weighted by atomic mass is 10.2. The van der Waals surface area contributed by atoms with Crippen LogP contribution in [0.1, 0.15) is 35.6 Å². The Balaban J connectivity index is 1.59. The first kappa shape index (κ1) is 17.6. The highest BCUT2D eigenvalue weighted by Gasteiger charge is 2.15. The smallest absolute Gasteiger partial charge is 0.187 e. The molecule has 0 aromatic carbocycles. The van der Waals surface area contributed by atoms with Gasteiger partial charge in [-0.05, 0) is 51.9 Å². The van der Waals surface area contributed by atoms with Crippen molar-refractivity contribution in [3.63, 3.8) is 0 Å². The van der Waals surface area contributed by atoms with Gasteiger partial charge in [-0.15, -0.1) is 0 Å². The van der Waals surface area contributed by atoms with Gasteiger partial charge in [-0.25, -0.2) is 0 Å². The van der Waals surface area contributed by atoms with Crippen LogP contribution >= 0.6 is 12.2 Å². The zero-order valence-electron chi connectivity index (χ0n) is 14.7. The molecule has 0 bridgehead atoms. The van der Waals surface area contributed by atoms with Crippen LogP contribution < -0.4 is 10.7 Å². The van der Waals surface area contributed by atoms with Gasteiger partial charge in [0.15, 0.2) is 10.9 Å². The van der Waals surface area contributed by atoms with E-state index >= 15 is 0 Å². The third kappa shape index (κ3) is 4.26. The van der Waals surface area contributed by atoms with E-state index in [1.807, 2.05) is 37.5 Å². The molecule has 134 valence electrons. The molecular formula is C17H23N5O2S. The molecule has 25 heavy (non-hydrogen) atoms. The maximum Gasteiger partial charge on any atom is 0.187 e. The Hall–Kier alpha value is -2.19. The van der Waals surface area contributed by atoms with Crippen LogP contribution in [0.4, 0.5) is 0 Å². The van der Waals surface area contributed by atoms with Gasteiger partial charge >= 0.3 is 0 Å². The third-order valence-electron chi connectivity index (χ3n) is 4.20. The highest BCUT2D eigenvalue weighted by molar-refractivity contribution is 7.80. The molecule has 0 radical (unpaired) electrons. The molecule has 3 heterocycles. The molecule has 0 saturated carbocycles. The Morgan fingerprint density at radius 2 is 2.28 bits per heavy atom. The molecule has 0 aliphatic carbocycles. The van der Waals surface area contributed by atoms with Crippen molar-refractivity contribution in [3.05, 3.63) is 34.8 Å². The number of hydrogen-bond acceptors (Lipinski definition) is 5. The zero-order chi connectivity index (χ0) is 17.8. The molecular weight excluding hydrogens is 338 g/mol. The fourth-order valence-electron chi connectivity index (χ4n) is 2.94. The molecule has 0 amide bonds. The minimum Gasteiger partial charge on any atom is -0.376 e. The van der Waals surface area contributed by atoms with Crippen molar-refractivity contribution >= 4 is 23.5 Å². The summed E-state index contributed by atoms with van der Waals surface area (Å²) in [7, 11) is 0. The van der Waals surface area contributed by atoms with Crippen molar-refractivity contribution in [1.82, 2.24) is 20.5 Å². The summed E-state index contributed by atoms with van der Waals surface area (Å²) in [6, 6.07) is 3.96. The van der Waals surface area contributed by atoms with Crippen molar-refractivity contribution in [2.75, 3.05) is 13.2 Å². The highest BCUT2D eigenvalue weighted by Crippen LogP contribution is 2.19. The van der Waals surface area contributed by atoms with Crippen molar-refractivity contribution in [2.24, 2.45) is 5.10 Å². The van der Waals surface area contributed by atoms with Gasteiger partial charge in [0.2, 0.25) is 0 Å². The molecule has 2 N–H and O–H groups in total. The van der Waals surface area contributed by atoms with E-state index in [0.29, 0.717) is 11.7 Å². The minimum absolute atomic E-state index is 0.244. The van der Waals surface area contributed by atoms with Crippen LogP contribution in [0.2, 0.25) is 0 Å². The van der Waals surface area contributed by atoms with Crippen molar-refractivity contribution in [3.8, 4) is 5.82 Å². The van der Waals surface area contributed by atoms with Crippen LogP contribution in [0.25, 0.3) is 5.82 Å². The predicted octanol–water partition coefficient (Wildman–Crippen LogP) is 2.37. The molecule has 2 aromatic rings. The van der Waals surface area contributed by atoms with Crippen LogP contribution in [-0.2, 0) is 4.74 Å². The average Bonchev–Trinajstić information content (AvgIpc) is 3.28. The standard InChI is InChI=1S/C17H23N5O2S/c1-11-7-14(13(3)22(11)16-8-12(2)24-21-16)9-19-20-17(25)18-10-15-5-4-6-23-15/h7-9,15H,4-6,10H2,1-3H3,(H2,18,20,25)/b19-9-/t15-/m0/s1. The monoisotopic (exact) mass is 361 g/mol. The maximum absolute atomic E-state index is 5.55. The largest absolute Gasteiger partial charge is 0.376 e. The first-order chi connectivity index (χ1) is 12.0. The number of ether oxygens (including phenoxy) is 1. The van der Waals surface area contributed by atoms with E-state index in [2.05, 4.69) is 21.0 Å². The fourth-order valence-corrected chi connectivity index (χ4v) is 3.08. The quantitative estimate of drug-likeness (QED) is 0.484. The lowest BCUT2D eigenvalue weighted by molar-refractivity contribution is 0.114. The Kier molecular flexibility index (Phi) is 5.50. The maximum atomic E-state index is 5.55. The van der Waals surface area contributed by atoms with Gasteiger partial charge in [-0.3, -0.25) is 9.99 Å². The van der Waals surface area contributed by atoms with Crippen molar-refractivity contribution in [2.45, 2.75) is 39.7 Å². The number of aromatic nitrogens is 2. The van der Waals surface area contributed by atoms with Gasteiger partial charge in [0.1, 0.15) is 5.76 Å². The molecule has 3 rings (SSSR count). The normalized spacial score (nSPS) is 17.3. The van der Waals surface area contributed by atoms with Crippen LogP contribution in [0, 0.1) is 20.8 Å². The summed E-state index contributed by atoms with van der Waals surface area (Å²) < 4.78 is 12.7. The first-order valence-electron chi connectivity index (χ1n) is 8.35. The summed E-state index contributed by atoms with van der Waals surface area (Å²) in [6.45, 7) is 7.47. The second kappa shape index (κ2) is 7.79. The Bertz CT molecular complexity index is 774. The fraction of sp³-hybridized carbons (Fsp3) is 0.471. The van der Waals surface area contributed by atoms with E-state index < -0.39 is 0 Å². The molecule has 1 aliphatic rings. The molecule has 1 saturated heterocycles. The second-order valence-corrected chi connectivity index (χ2v) is 6.58. The summed E-state index contributed by atoms with van der Waals surface area (Å²) in [4.78, 5) is 0. The molecule has 7 nitrogen and oxygen atoms in total. The molecule has 1 fully saturated rings. The lowest BCUT2D eigenvalue weighted by Crippen LogP contribution is -2.37. The van der Waals surface area contributed by atoms with E-state index in [0.717, 1.165) is 48.0 Å².